The Bertz CT molecular complexity index is 1030. The van der Waals surface area contributed by atoms with Gasteiger partial charge in [0.1, 0.15) is 11.4 Å². The normalized spacial score (nSPS) is 10.2. The van der Waals surface area contributed by atoms with E-state index < -0.39 is 11.8 Å². The number of carbonyl (C=O) groups excluding carboxylic acids is 3. The van der Waals surface area contributed by atoms with Crippen molar-refractivity contribution in [1.29, 1.82) is 0 Å². The second kappa shape index (κ2) is 8.12. The summed E-state index contributed by atoms with van der Waals surface area (Å²) in [7, 11) is 1.46. The fourth-order valence-electron chi connectivity index (χ4n) is 2.50. The molecule has 0 unspecified atom stereocenters. The van der Waals surface area contributed by atoms with Crippen molar-refractivity contribution in [2.75, 3.05) is 17.7 Å². The van der Waals surface area contributed by atoms with Crippen LogP contribution in [0.15, 0.2) is 48.9 Å². The van der Waals surface area contributed by atoms with Gasteiger partial charge in [0.2, 0.25) is 0 Å². The highest BCUT2D eigenvalue weighted by atomic mass is 16.2. The molecule has 4 N–H and O–H groups in total. The first-order chi connectivity index (χ1) is 13.5. The lowest BCUT2D eigenvalue weighted by Gasteiger charge is -2.09. The lowest BCUT2D eigenvalue weighted by atomic mass is 10.2. The van der Waals surface area contributed by atoms with Gasteiger partial charge in [0.15, 0.2) is 5.69 Å². The van der Waals surface area contributed by atoms with Crippen LogP contribution in [0.1, 0.15) is 37.0 Å². The molecule has 0 saturated heterocycles. The molecule has 9 heteroatoms. The molecule has 0 spiro atoms. The van der Waals surface area contributed by atoms with Gasteiger partial charge in [0.25, 0.3) is 17.7 Å². The SMILES string of the molecule is CNC(=O)c1nc[nH]c1C(=O)Nc1ccc(NC(=O)c2ncccc2C)cc1. The molecular weight excluding hydrogens is 360 g/mol. The maximum Gasteiger partial charge on any atom is 0.274 e. The van der Waals surface area contributed by atoms with Gasteiger partial charge in [-0.25, -0.2) is 4.98 Å². The number of hydrogen-bond donors (Lipinski definition) is 4. The van der Waals surface area contributed by atoms with Crippen molar-refractivity contribution in [3.63, 3.8) is 0 Å². The lowest BCUT2D eigenvalue weighted by molar-refractivity contribution is 0.0943. The Morgan fingerprint density at radius 3 is 2.11 bits per heavy atom. The Balaban J connectivity index is 1.67. The number of nitrogens with one attached hydrogen (secondary N) is 4. The molecule has 2 heterocycles. The van der Waals surface area contributed by atoms with Gasteiger partial charge < -0.3 is 20.9 Å². The molecule has 2 aromatic heterocycles. The lowest BCUT2D eigenvalue weighted by Crippen LogP contribution is -2.23. The number of benzene rings is 1. The average molecular weight is 378 g/mol. The van der Waals surface area contributed by atoms with E-state index in [0.29, 0.717) is 17.1 Å². The summed E-state index contributed by atoms with van der Waals surface area (Å²) >= 11 is 0. The molecule has 28 heavy (non-hydrogen) atoms. The van der Waals surface area contributed by atoms with Crippen LogP contribution < -0.4 is 16.0 Å². The van der Waals surface area contributed by atoms with E-state index in [9.17, 15) is 14.4 Å². The summed E-state index contributed by atoms with van der Waals surface area (Å²) in [6.07, 6.45) is 2.83. The van der Waals surface area contributed by atoms with Crippen LogP contribution in [0, 0.1) is 6.92 Å². The number of rotatable bonds is 5. The van der Waals surface area contributed by atoms with Crippen molar-refractivity contribution in [3.8, 4) is 0 Å². The van der Waals surface area contributed by atoms with Crippen LogP contribution in [0.2, 0.25) is 0 Å². The van der Waals surface area contributed by atoms with Gasteiger partial charge in [0, 0.05) is 24.6 Å². The van der Waals surface area contributed by atoms with Gasteiger partial charge in [-0.15, -0.1) is 0 Å². The first kappa shape index (κ1) is 18.8. The molecule has 0 aliphatic heterocycles. The van der Waals surface area contributed by atoms with Crippen molar-refractivity contribution < 1.29 is 14.4 Å². The van der Waals surface area contributed by atoms with E-state index in [1.807, 2.05) is 13.0 Å². The van der Waals surface area contributed by atoms with Crippen LogP contribution in [0.3, 0.4) is 0 Å². The van der Waals surface area contributed by atoms with E-state index in [4.69, 9.17) is 0 Å². The molecular formula is C19H18N6O3. The van der Waals surface area contributed by atoms with Crippen LogP contribution in [-0.4, -0.2) is 39.7 Å². The molecule has 0 radical (unpaired) electrons. The molecule has 9 nitrogen and oxygen atoms in total. The van der Waals surface area contributed by atoms with Gasteiger partial charge in [-0.3, -0.25) is 19.4 Å². The Kier molecular flexibility index (Phi) is 5.45. The Hall–Kier alpha value is -4.01. The quantitative estimate of drug-likeness (QED) is 0.539. The zero-order chi connectivity index (χ0) is 20.1. The summed E-state index contributed by atoms with van der Waals surface area (Å²) in [6.45, 7) is 1.81. The Labute approximate surface area is 160 Å². The number of aromatic nitrogens is 3. The number of aromatic amines is 1. The van der Waals surface area contributed by atoms with E-state index in [1.54, 1.807) is 36.5 Å². The van der Waals surface area contributed by atoms with Crippen LogP contribution in [-0.2, 0) is 0 Å². The molecule has 0 fully saturated rings. The minimum atomic E-state index is -0.503. The molecule has 3 aromatic rings. The van der Waals surface area contributed by atoms with E-state index in [1.165, 1.54) is 13.4 Å². The summed E-state index contributed by atoms with van der Waals surface area (Å²) in [5.74, 6) is -1.28. The van der Waals surface area contributed by atoms with Crippen LogP contribution in [0.5, 0.6) is 0 Å². The molecule has 0 aliphatic rings. The minimum Gasteiger partial charge on any atom is -0.354 e. The number of nitrogens with zero attached hydrogens (tertiary/aromatic N) is 2. The third kappa shape index (κ3) is 4.04. The number of H-pyrrole nitrogens is 1. The van der Waals surface area contributed by atoms with E-state index in [2.05, 4.69) is 30.9 Å². The third-order valence-corrected chi connectivity index (χ3v) is 3.93. The highest BCUT2D eigenvalue weighted by molar-refractivity contribution is 6.10. The first-order valence-electron chi connectivity index (χ1n) is 8.39. The maximum atomic E-state index is 12.4. The molecule has 0 bridgehead atoms. The fraction of sp³-hybridized carbons (Fsp3) is 0.105. The molecule has 3 amide bonds. The monoisotopic (exact) mass is 378 g/mol. The molecule has 0 aliphatic carbocycles. The number of aryl methyl sites for hydroxylation is 1. The predicted octanol–water partition coefficient (Wildman–Crippen LogP) is 1.98. The van der Waals surface area contributed by atoms with Crippen molar-refractivity contribution in [2.24, 2.45) is 0 Å². The topological polar surface area (TPSA) is 129 Å². The predicted molar refractivity (Wildman–Crippen MR) is 103 cm³/mol. The highest BCUT2D eigenvalue weighted by Gasteiger charge is 2.19. The van der Waals surface area contributed by atoms with Crippen molar-refractivity contribution in [1.82, 2.24) is 20.3 Å². The second-order valence-electron chi connectivity index (χ2n) is 5.86. The summed E-state index contributed by atoms with van der Waals surface area (Å²) in [5.41, 5.74) is 2.24. The van der Waals surface area contributed by atoms with Crippen LogP contribution >= 0.6 is 0 Å². The van der Waals surface area contributed by atoms with E-state index in [-0.39, 0.29) is 17.3 Å². The van der Waals surface area contributed by atoms with Crippen molar-refractivity contribution in [2.45, 2.75) is 6.92 Å². The summed E-state index contributed by atoms with van der Waals surface area (Å²) in [6, 6.07) is 10.1. The zero-order valence-corrected chi connectivity index (χ0v) is 15.2. The first-order valence-corrected chi connectivity index (χ1v) is 8.39. The Morgan fingerprint density at radius 2 is 1.50 bits per heavy atom. The van der Waals surface area contributed by atoms with Gasteiger partial charge >= 0.3 is 0 Å². The number of imidazole rings is 1. The van der Waals surface area contributed by atoms with Crippen LogP contribution in [0.4, 0.5) is 11.4 Å². The smallest absolute Gasteiger partial charge is 0.274 e. The summed E-state index contributed by atoms with van der Waals surface area (Å²) in [4.78, 5) is 47.0. The Morgan fingerprint density at radius 1 is 0.857 bits per heavy atom. The zero-order valence-electron chi connectivity index (χ0n) is 15.2. The molecule has 3 rings (SSSR count). The summed E-state index contributed by atoms with van der Waals surface area (Å²) < 4.78 is 0. The van der Waals surface area contributed by atoms with Gasteiger partial charge in [0.05, 0.1) is 6.33 Å². The van der Waals surface area contributed by atoms with Gasteiger partial charge in [-0.1, -0.05) is 6.07 Å². The van der Waals surface area contributed by atoms with E-state index >= 15 is 0 Å². The van der Waals surface area contributed by atoms with Crippen molar-refractivity contribution in [3.05, 3.63) is 71.6 Å². The fourth-order valence-corrected chi connectivity index (χ4v) is 2.50. The highest BCUT2D eigenvalue weighted by Crippen LogP contribution is 2.16. The average Bonchev–Trinajstić information content (AvgIpc) is 3.19. The summed E-state index contributed by atoms with van der Waals surface area (Å²) in [5, 5.41) is 7.85. The maximum absolute atomic E-state index is 12.4. The second-order valence-corrected chi connectivity index (χ2v) is 5.86. The van der Waals surface area contributed by atoms with Crippen LogP contribution in [0.25, 0.3) is 0 Å². The van der Waals surface area contributed by atoms with Gasteiger partial charge in [-0.2, -0.15) is 0 Å². The number of carbonyl (C=O) groups is 3. The molecule has 142 valence electrons. The molecule has 1 aromatic carbocycles. The number of hydrogen-bond acceptors (Lipinski definition) is 5. The number of pyridine rings is 1. The van der Waals surface area contributed by atoms with Gasteiger partial charge in [-0.05, 0) is 42.8 Å². The number of amides is 3. The van der Waals surface area contributed by atoms with Crippen molar-refractivity contribution >= 4 is 29.1 Å². The third-order valence-electron chi connectivity index (χ3n) is 3.93. The molecule has 0 atom stereocenters. The number of anilines is 2. The molecule has 0 saturated carbocycles. The minimum absolute atomic E-state index is 0.00890. The standard InChI is InChI=1S/C19H18N6O3/c1-11-4-3-9-21-14(11)18(27)24-12-5-7-13(8-6-12)25-19(28)16-15(17(26)20-2)22-10-23-16/h3-10H,1-2H3,(H,20,26)(H,22,23)(H,24,27)(H,25,28). The van der Waals surface area contributed by atoms with E-state index in [0.717, 1.165) is 5.56 Å². The largest absolute Gasteiger partial charge is 0.354 e.